The van der Waals surface area contributed by atoms with E-state index in [1.165, 1.54) is 6.07 Å². The van der Waals surface area contributed by atoms with Gasteiger partial charge in [-0.3, -0.25) is 4.90 Å². The third kappa shape index (κ3) is 3.80. The third-order valence-corrected chi connectivity index (χ3v) is 4.64. The smallest absolute Gasteiger partial charge is 0.163 e. The van der Waals surface area contributed by atoms with Gasteiger partial charge < -0.3 is 5.32 Å². The number of nitrogens with one attached hydrogen (secondary N) is 1. The van der Waals surface area contributed by atoms with Crippen molar-refractivity contribution in [1.29, 1.82) is 0 Å². The van der Waals surface area contributed by atoms with Gasteiger partial charge in [0.1, 0.15) is 0 Å². The molecule has 0 saturated carbocycles. The van der Waals surface area contributed by atoms with E-state index in [9.17, 15) is 8.78 Å². The zero-order valence-electron chi connectivity index (χ0n) is 13.3. The molecule has 1 heterocycles. The van der Waals surface area contributed by atoms with Crippen LogP contribution in [0, 0.1) is 11.6 Å². The zero-order valence-corrected chi connectivity index (χ0v) is 13.3. The van der Waals surface area contributed by atoms with Gasteiger partial charge in [-0.1, -0.05) is 32.4 Å². The second-order valence-corrected chi connectivity index (χ2v) is 6.36. The van der Waals surface area contributed by atoms with Gasteiger partial charge in [-0.15, -0.1) is 0 Å². The van der Waals surface area contributed by atoms with Gasteiger partial charge in [0.2, 0.25) is 0 Å². The average Bonchev–Trinajstić information content (AvgIpc) is 2.47. The van der Waals surface area contributed by atoms with Gasteiger partial charge in [-0.25, -0.2) is 8.78 Å². The summed E-state index contributed by atoms with van der Waals surface area (Å²) in [6, 6.07) is 4.84. The van der Waals surface area contributed by atoms with E-state index < -0.39 is 11.6 Å². The summed E-state index contributed by atoms with van der Waals surface area (Å²) in [5, 5.41) is 3.61. The first kappa shape index (κ1) is 16.4. The largest absolute Gasteiger partial charge is 0.309 e. The van der Waals surface area contributed by atoms with Crippen molar-refractivity contribution in [3.05, 3.63) is 35.4 Å². The monoisotopic (exact) mass is 296 g/mol. The number of hydrogen-bond acceptors (Lipinski definition) is 2. The number of rotatable bonds is 5. The predicted octanol–water partition coefficient (Wildman–Crippen LogP) is 3.71. The van der Waals surface area contributed by atoms with Crippen molar-refractivity contribution in [2.24, 2.45) is 0 Å². The molecule has 0 aromatic heterocycles. The van der Waals surface area contributed by atoms with Crippen LogP contribution in [0.1, 0.15) is 45.6 Å². The quantitative estimate of drug-likeness (QED) is 0.891. The van der Waals surface area contributed by atoms with Crippen LogP contribution < -0.4 is 5.32 Å². The fourth-order valence-electron chi connectivity index (χ4n) is 3.06. The number of halogens is 2. The second-order valence-electron chi connectivity index (χ2n) is 6.36. The van der Waals surface area contributed by atoms with Crippen LogP contribution in [-0.4, -0.2) is 29.6 Å². The molecule has 0 aliphatic carbocycles. The summed E-state index contributed by atoms with van der Waals surface area (Å²) in [7, 11) is 0. The van der Waals surface area contributed by atoms with E-state index in [4.69, 9.17) is 0 Å². The Morgan fingerprint density at radius 1 is 1.33 bits per heavy atom. The molecular weight excluding hydrogens is 270 g/mol. The van der Waals surface area contributed by atoms with Gasteiger partial charge in [-0.2, -0.15) is 0 Å². The Bertz CT molecular complexity index is 478. The Morgan fingerprint density at radius 3 is 2.76 bits per heavy atom. The van der Waals surface area contributed by atoms with Crippen molar-refractivity contribution < 1.29 is 8.78 Å². The molecule has 4 heteroatoms. The van der Waals surface area contributed by atoms with Crippen LogP contribution in [0.4, 0.5) is 8.78 Å². The molecule has 2 atom stereocenters. The van der Waals surface area contributed by atoms with Gasteiger partial charge in [0.25, 0.3) is 0 Å². The first-order valence-corrected chi connectivity index (χ1v) is 7.91. The highest BCUT2D eigenvalue weighted by Crippen LogP contribution is 2.24. The number of hydrogen-bond donors (Lipinski definition) is 1. The Hall–Kier alpha value is -1.00. The van der Waals surface area contributed by atoms with Crippen LogP contribution in [0.2, 0.25) is 0 Å². The molecular formula is C17H26F2N2. The lowest BCUT2D eigenvalue weighted by Gasteiger charge is -2.46. The molecule has 1 aliphatic rings. The molecule has 0 spiro atoms. The summed E-state index contributed by atoms with van der Waals surface area (Å²) < 4.78 is 27.3. The minimum Gasteiger partial charge on any atom is -0.309 e. The summed E-state index contributed by atoms with van der Waals surface area (Å²) in [6.07, 6.45) is 3.19. The minimum atomic E-state index is -0.757. The molecule has 0 bridgehead atoms. The van der Waals surface area contributed by atoms with Crippen LogP contribution in [0.15, 0.2) is 18.2 Å². The standard InChI is InChI=1S/C17H26F2N2/c1-4-7-14-10-20-17(3,5-2)12-21(14)11-13-8-6-9-15(18)16(13)19/h6,8-9,14,20H,4-5,7,10-12H2,1-3H3. The van der Waals surface area contributed by atoms with Gasteiger partial charge in [0, 0.05) is 36.8 Å². The molecule has 1 aliphatic heterocycles. The Labute approximate surface area is 126 Å². The van der Waals surface area contributed by atoms with E-state index in [2.05, 4.69) is 31.0 Å². The van der Waals surface area contributed by atoms with Crippen LogP contribution in [0.3, 0.4) is 0 Å². The van der Waals surface area contributed by atoms with Crippen molar-refractivity contribution in [2.45, 2.75) is 58.2 Å². The molecule has 21 heavy (non-hydrogen) atoms. The lowest BCUT2D eigenvalue weighted by atomic mass is 9.92. The molecule has 0 amide bonds. The van der Waals surface area contributed by atoms with Gasteiger partial charge in [0.15, 0.2) is 11.6 Å². The molecule has 1 aromatic carbocycles. The summed E-state index contributed by atoms with van der Waals surface area (Å²) in [5.41, 5.74) is 0.505. The maximum atomic E-state index is 13.9. The van der Waals surface area contributed by atoms with Crippen molar-refractivity contribution in [2.75, 3.05) is 13.1 Å². The first-order chi connectivity index (χ1) is 9.99. The molecule has 1 aromatic rings. The van der Waals surface area contributed by atoms with E-state index >= 15 is 0 Å². The summed E-state index contributed by atoms with van der Waals surface area (Å²) in [5.74, 6) is -1.46. The Balaban J connectivity index is 2.17. The highest BCUT2D eigenvalue weighted by molar-refractivity contribution is 5.19. The van der Waals surface area contributed by atoms with Gasteiger partial charge in [0.05, 0.1) is 0 Å². The lowest BCUT2D eigenvalue weighted by Crippen LogP contribution is -2.62. The van der Waals surface area contributed by atoms with Crippen molar-refractivity contribution in [3.63, 3.8) is 0 Å². The van der Waals surface area contributed by atoms with Crippen LogP contribution in [-0.2, 0) is 6.54 Å². The predicted molar refractivity (Wildman–Crippen MR) is 82.2 cm³/mol. The third-order valence-electron chi connectivity index (χ3n) is 4.64. The molecule has 118 valence electrons. The normalized spacial score (nSPS) is 27.0. The highest BCUT2D eigenvalue weighted by Gasteiger charge is 2.34. The van der Waals surface area contributed by atoms with Crippen molar-refractivity contribution in [1.82, 2.24) is 10.2 Å². The average molecular weight is 296 g/mol. The van der Waals surface area contributed by atoms with Crippen molar-refractivity contribution >= 4 is 0 Å². The maximum absolute atomic E-state index is 13.9. The highest BCUT2D eigenvalue weighted by atomic mass is 19.2. The molecule has 2 nitrogen and oxygen atoms in total. The number of piperazine rings is 1. The van der Waals surface area contributed by atoms with Crippen LogP contribution in [0.25, 0.3) is 0 Å². The van der Waals surface area contributed by atoms with Crippen molar-refractivity contribution in [3.8, 4) is 0 Å². The molecule has 1 N–H and O–H groups in total. The lowest BCUT2D eigenvalue weighted by molar-refractivity contribution is 0.0714. The van der Waals surface area contributed by atoms with Gasteiger partial charge in [-0.05, 0) is 25.8 Å². The second kappa shape index (κ2) is 6.84. The van der Waals surface area contributed by atoms with Crippen LogP contribution >= 0.6 is 0 Å². The van der Waals surface area contributed by atoms with E-state index in [-0.39, 0.29) is 5.54 Å². The summed E-state index contributed by atoms with van der Waals surface area (Å²) >= 11 is 0. The first-order valence-electron chi connectivity index (χ1n) is 7.91. The van der Waals surface area contributed by atoms with Gasteiger partial charge >= 0.3 is 0 Å². The fourth-order valence-corrected chi connectivity index (χ4v) is 3.06. The number of nitrogens with zero attached hydrogens (tertiary/aromatic N) is 1. The fraction of sp³-hybridized carbons (Fsp3) is 0.647. The SMILES string of the molecule is CCCC1CNC(C)(CC)CN1Cc1cccc(F)c1F. The number of benzene rings is 1. The summed E-state index contributed by atoms with van der Waals surface area (Å²) in [6.45, 7) is 8.78. The van der Waals surface area contributed by atoms with E-state index in [0.717, 1.165) is 32.4 Å². The van der Waals surface area contributed by atoms with Crippen LogP contribution in [0.5, 0.6) is 0 Å². The molecule has 2 rings (SSSR count). The maximum Gasteiger partial charge on any atom is 0.163 e. The topological polar surface area (TPSA) is 15.3 Å². The molecule has 1 saturated heterocycles. The van der Waals surface area contributed by atoms with E-state index in [0.29, 0.717) is 18.2 Å². The Kier molecular flexibility index (Phi) is 5.33. The molecule has 0 radical (unpaired) electrons. The molecule has 1 fully saturated rings. The molecule has 2 unspecified atom stereocenters. The minimum absolute atomic E-state index is 0.0496. The zero-order chi connectivity index (χ0) is 15.5. The summed E-state index contributed by atoms with van der Waals surface area (Å²) in [4.78, 5) is 2.31. The van der Waals surface area contributed by atoms with E-state index in [1.807, 2.05) is 0 Å². The Morgan fingerprint density at radius 2 is 2.10 bits per heavy atom. The van der Waals surface area contributed by atoms with E-state index in [1.54, 1.807) is 12.1 Å².